The normalized spacial score (nSPS) is 12.0. The molecule has 0 rings (SSSR count). The summed E-state index contributed by atoms with van der Waals surface area (Å²) in [5.41, 5.74) is 5.52. The molecule has 0 saturated carbocycles. The Kier molecular flexibility index (Phi) is 6.39. The van der Waals surface area contributed by atoms with Crippen LogP contribution in [-0.4, -0.2) is 37.7 Å². The van der Waals surface area contributed by atoms with Crippen LogP contribution in [-0.2, 0) is 0 Å². The van der Waals surface area contributed by atoms with Crippen molar-refractivity contribution >= 4 is 0 Å². The fraction of sp³-hybridized carbons (Fsp3) is 1.00. The van der Waals surface area contributed by atoms with E-state index in [1.165, 1.54) is 37.0 Å². The van der Waals surface area contributed by atoms with Crippen molar-refractivity contribution in [2.45, 2.75) is 33.1 Å². The molecule has 0 aromatic carbocycles. The molecule has 0 radical (unpaired) electrons. The highest BCUT2D eigenvalue weighted by molar-refractivity contribution is 4.42. The van der Waals surface area contributed by atoms with Gasteiger partial charge in [-0.2, -0.15) is 0 Å². The van der Waals surface area contributed by atoms with Gasteiger partial charge in [-0.05, 0) is 19.4 Å². The van der Waals surface area contributed by atoms with E-state index in [4.69, 9.17) is 5.73 Å². The fourth-order valence-electron chi connectivity index (χ4n) is 1.89. The van der Waals surface area contributed by atoms with E-state index in [1.54, 1.807) is 0 Å². The zero-order chi connectivity index (χ0) is 9.45. The van der Waals surface area contributed by atoms with Gasteiger partial charge in [0.05, 0.1) is 26.7 Å². The lowest BCUT2D eigenvalue weighted by atomic mass is 10.2. The van der Waals surface area contributed by atoms with E-state index >= 15 is 0 Å². The molecule has 12 heavy (non-hydrogen) atoms. The molecule has 0 amide bonds. The first-order valence-electron chi connectivity index (χ1n) is 5.22. The molecule has 74 valence electrons. The molecular formula is C10H25N2+. The maximum atomic E-state index is 5.52. The number of hydrogen-bond acceptors (Lipinski definition) is 1. The Hall–Kier alpha value is -0.0800. The first kappa shape index (κ1) is 11.9. The van der Waals surface area contributed by atoms with Gasteiger partial charge in [-0.3, -0.25) is 0 Å². The van der Waals surface area contributed by atoms with Crippen LogP contribution in [0.4, 0.5) is 0 Å². The molecule has 0 aliphatic heterocycles. The van der Waals surface area contributed by atoms with E-state index in [9.17, 15) is 0 Å². The van der Waals surface area contributed by atoms with Gasteiger partial charge in [-0.1, -0.05) is 13.8 Å². The molecule has 2 nitrogen and oxygen atoms in total. The number of nitrogens with two attached hydrogens (primary N) is 1. The summed E-state index contributed by atoms with van der Waals surface area (Å²) in [6.07, 6.45) is 3.72. The van der Waals surface area contributed by atoms with Crippen LogP contribution in [0.3, 0.4) is 0 Å². The van der Waals surface area contributed by atoms with Crippen LogP contribution < -0.4 is 5.73 Å². The molecule has 0 aliphatic rings. The summed E-state index contributed by atoms with van der Waals surface area (Å²) in [5.74, 6) is 0. The fourth-order valence-corrected chi connectivity index (χ4v) is 1.89. The Morgan fingerprint density at radius 2 is 1.50 bits per heavy atom. The van der Waals surface area contributed by atoms with E-state index in [2.05, 4.69) is 20.9 Å². The van der Waals surface area contributed by atoms with E-state index < -0.39 is 0 Å². The summed E-state index contributed by atoms with van der Waals surface area (Å²) in [6, 6.07) is 0. The summed E-state index contributed by atoms with van der Waals surface area (Å²) in [5, 5.41) is 0. The third-order valence-corrected chi connectivity index (χ3v) is 2.43. The van der Waals surface area contributed by atoms with Crippen LogP contribution in [0.5, 0.6) is 0 Å². The monoisotopic (exact) mass is 173 g/mol. The SMILES string of the molecule is CCC[N+](C)(CCC)CCCN. The van der Waals surface area contributed by atoms with E-state index in [-0.39, 0.29) is 0 Å². The second kappa shape index (κ2) is 6.44. The second-order valence-electron chi connectivity index (χ2n) is 3.93. The average Bonchev–Trinajstić information content (AvgIpc) is 2.02. The van der Waals surface area contributed by atoms with Gasteiger partial charge >= 0.3 is 0 Å². The summed E-state index contributed by atoms with van der Waals surface area (Å²) in [4.78, 5) is 0. The second-order valence-corrected chi connectivity index (χ2v) is 3.93. The van der Waals surface area contributed by atoms with Crippen LogP contribution in [0.15, 0.2) is 0 Å². The molecule has 0 aromatic heterocycles. The van der Waals surface area contributed by atoms with Crippen LogP contribution in [0.2, 0.25) is 0 Å². The third-order valence-electron chi connectivity index (χ3n) is 2.43. The maximum absolute atomic E-state index is 5.52. The van der Waals surface area contributed by atoms with E-state index in [1.807, 2.05) is 0 Å². The molecule has 0 spiro atoms. The lowest BCUT2D eigenvalue weighted by Crippen LogP contribution is -2.46. The van der Waals surface area contributed by atoms with Gasteiger partial charge in [-0.15, -0.1) is 0 Å². The van der Waals surface area contributed by atoms with Gasteiger partial charge in [0.25, 0.3) is 0 Å². The number of quaternary nitrogens is 1. The Labute approximate surface area is 77.3 Å². The Morgan fingerprint density at radius 3 is 1.83 bits per heavy atom. The van der Waals surface area contributed by atoms with Crippen molar-refractivity contribution < 1.29 is 4.48 Å². The molecule has 0 saturated heterocycles. The van der Waals surface area contributed by atoms with Gasteiger partial charge in [0, 0.05) is 6.42 Å². The van der Waals surface area contributed by atoms with E-state index in [0.717, 1.165) is 13.0 Å². The Balaban J connectivity index is 3.80. The molecule has 0 atom stereocenters. The van der Waals surface area contributed by atoms with E-state index in [0.29, 0.717) is 0 Å². The molecule has 0 fully saturated rings. The van der Waals surface area contributed by atoms with Crippen molar-refractivity contribution in [2.75, 3.05) is 33.2 Å². The Morgan fingerprint density at radius 1 is 1.00 bits per heavy atom. The molecule has 0 bridgehead atoms. The molecule has 0 aromatic rings. The topological polar surface area (TPSA) is 26.0 Å². The first-order chi connectivity index (χ1) is 5.68. The molecule has 0 heterocycles. The summed E-state index contributed by atoms with van der Waals surface area (Å²) in [7, 11) is 2.35. The molecule has 2 N–H and O–H groups in total. The highest BCUT2D eigenvalue weighted by Crippen LogP contribution is 2.06. The smallest absolute Gasteiger partial charge is 0.0796 e. The molecule has 0 aliphatic carbocycles. The first-order valence-corrected chi connectivity index (χ1v) is 5.22. The molecule has 0 unspecified atom stereocenters. The van der Waals surface area contributed by atoms with Crippen molar-refractivity contribution in [3.63, 3.8) is 0 Å². The molecule has 2 heteroatoms. The minimum atomic E-state index is 0.835. The molecular weight excluding hydrogens is 148 g/mol. The highest BCUT2D eigenvalue weighted by atomic mass is 15.3. The van der Waals surface area contributed by atoms with Crippen LogP contribution >= 0.6 is 0 Å². The lowest BCUT2D eigenvalue weighted by molar-refractivity contribution is -0.909. The standard InChI is InChI=1S/C10H25N2/c1-4-8-12(3,9-5-2)10-6-7-11/h4-11H2,1-3H3/q+1. The van der Waals surface area contributed by atoms with Crippen molar-refractivity contribution in [1.29, 1.82) is 0 Å². The number of hydrogen-bond donors (Lipinski definition) is 1. The maximum Gasteiger partial charge on any atom is 0.0796 e. The van der Waals surface area contributed by atoms with Crippen LogP contribution in [0, 0.1) is 0 Å². The van der Waals surface area contributed by atoms with Crippen molar-refractivity contribution in [3.05, 3.63) is 0 Å². The predicted molar refractivity (Wildman–Crippen MR) is 55.0 cm³/mol. The minimum Gasteiger partial charge on any atom is -0.330 e. The minimum absolute atomic E-state index is 0.835. The van der Waals surface area contributed by atoms with Crippen molar-refractivity contribution in [1.82, 2.24) is 0 Å². The average molecular weight is 173 g/mol. The Bertz CT molecular complexity index is 96.0. The predicted octanol–water partition coefficient (Wildman–Crippen LogP) is 1.60. The van der Waals surface area contributed by atoms with Gasteiger partial charge in [-0.25, -0.2) is 0 Å². The zero-order valence-corrected chi connectivity index (χ0v) is 8.97. The zero-order valence-electron chi connectivity index (χ0n) is 8.97. The third kappa shape index (κ3) is 4.73. The van der Waals surface area contributed by atoms with Gasteiger partial charge < -0.3 is 10.2 Å². The lowest BCUT2D eigenvalue weighted by Gasteiger charge is -2.34. The summed E-state index contributed by atoms with van der Waals surface area (Å²) in [6.45, 7) is 9.20. The highest BCUT2D eigenvalue weighted by Gasteiger charge is 2.17. The quantitative estimate of drug-likeness (QED) is 0.581. The van der Waals surface area contributed by atoms with Gasteiger partial charge in [0.15, 0.2) is 0 Å². The van der Waals surface area contributed by atoms with Crippen molar-refractivity contribution in [2.24, 2.45) is 5.73 Å². The summed E-state index contributed by atoms with van der Waals surface area (Å²) < 4.78 is 1.21. The number of nitrogens with zero attached hydrogens (tertiary/aromatic N) is 1. The summed E-state index contributed by atoms with van der Waals surface area (Å²) >= 11 is 0. The van der Waals surface area contributed by atoms with Crippen molar-refractivity contribution in [3.8, 4) is 0 Å². The van der Waals surface area contributed by atoms with Crippen LogP contribution in [0.1, 0.15) is 33.1 Å². The number of rotatable bonds is 7. The van der Waals surface area contributed by atoms with Gasteiger partial charge in [0.1, 0.15) is 0 Å². The largest absolute Gasteiger partial charge is 0.330 e. The van der Waals surface area contributed by atoms with Gasteiger partial charge in [0.2, 0.25) is 0 Å². The van der Waals surface area contributed by atoms with Crippen LogP contribution in [0.25, 0.3) is 0 Å².